The lowest BCUT2D eigenvalue weighted by atomic mass is 10.2. The van der Waals surface area contributed by atoms with Crippen molar-refractivity contribution in [3.63, 3.8) is 0 Å². The van der Waals surface area contributed by atoms with Gasteiger partial charge in [0, 0.05) is 51.4 Å². The Bertz CT molecular complexity index is 929. The van der Waals surface area contributed by atoms with Crippen LogP contribution in [-0.4, -0.2) is 48.5 Å². The molecule has 0 saturated carbocycles. The second kappa shape index (κ2) is 8.71. The first-order chi connectivity index (χ1) is 13.7. The molecule has 6 heteroatoms. The van der Waals surface area contributed by atoms with Crippen molar-refractivity contribution in [3.05, 3.63) is 59.1 Å². The number of benzene rings is 2. The van der Waals surface area contributed by atoms with Gasteiger partial charge in [0.15, 0.2) is 0 Å². The lowest BCUT2D eigenvalue weighted by Gasteiger charge is -2.36. The Kier molecular flexibility index (Phi) is 5.88. The molecule has 0 radical (unpaired) electrons. The second-order valence-corrected chi connectivity index (χ2v) is 8.10. The Morgan fingerprint density at radius 1 is 1.11 bits per heavy atom. The average Bonchev–Trinajstić information content (AvgIpc) is 3.21. The van der Waals surface area contributed by atoms with E-state index in [2.05, 4.69) is 52.5 Å². The minimum atomic E-state index is 0.243. The molecule has 3 aromatic rings. The number of carbonyl (C=O) groups excluding carboxylic acids is 1. The van der Waals surface area contributed by atoms with Gasteiger partial charge >= 0.3 is 0 Å². The molecular formula is C22H26N4OS. The summed E-state index contributed by atoms with van der Waals surface area (Å²) in [5, 5.41) is 3.41. The normalized spacial score (nSPS) is 14.6. The number of thiazole rings is 1. The van der Waals surface area contributed by atoms with Crippen LogP contribution in [0.3, 0.4) is 0 Å². The molecule has 0 atom stereocenters. The average molecular weight is 395 g/mol. The molecule has 1 N–H and O–H groups in total. The van der Waals surface area contributed by atoms with E-state index in [1.807, 2.05) is 22.5 Å². The van der Waals surface area contributed by atoms with Gasteiger partial charge in [0.05, 0.1) is 15.7 Å². The third kappa shape index (κ3) is 4.34. The largest absolute Gasteiger partial charge is 0.368 e. The van der Waals surface area contributed by atoms with Gasteiger partial charge in [-0.1, -0.05) is 29.8 Å². The first-order valence-electron chi connectivity index (χ1n) is 9.82. The van der Waals surface area contributed by atoms with E-state index in [1.165, 1.54) is 21.5 Å². The quantitative estimate of drug-likeness (QED) is 0.651. The predicted octanol–water partition coefficient (Wildman–Crippen LogP) is 3.43. The van der Waals surface area contributed by atoms with E-state index < -0.39 is 0 Å². The number of anilines is 1. The van der Waals surface area contributed by atoms with Gasteiger partial charge in [-0.3, -0.25) is 4.79 Å². The van der Waals surface area contributed by atoms with E-state index in [1.54, 1.807) is 11.3 Å². The molecule has 2 aromatic carbocycles. The zero-order valence-electron chi connectivity index (χ0n) is 16.2. The summed E-state index contributed by atoms with van der Waals surface area (Å²) in [7, 11) is 0. The Labute approximate surface area is 170 Å². The molecule has 1 saturated heterocycles. The summed E-state index contributed by atoms with van der Waals surface area (Å²) in [6.45, 7) is 6.97. The van der Waals surface area contributed by atoms with E-state index in [0.29, 0.717) is 13.0 Å². The number of carbonyl (C=O) groups is 1. The fourth-order valence-electron chi connectivity index (χ4n) is 3.63. The number of hydrogen-bond donors (Lipinski definition) is 1. The van der Waals surface area contributed by atoms with E-state index in [-0.39, 0.29) is 5.91 Å². The van der Waals surface area contributed by atoms with Gasteiger partial charge in [0.2, 0.25) is 5.91 Å². The maximum absolute atomic E-state index is 12.5. The first kappa shape index (κ1) is 18.9. The SMILES string of the molecule is Cc1ccc(N2CCN(C(=O)CCNCc3cccc4ncsc34)CC2)cc1. The van der Waals surface area contributed by atoms with E-state index in [0.717, 1.165) is 38.2 Å². The van der Waals surface area contributed by atoms with Crippen molar-refractivity contribution in [2.45, 2.75) is 19.9 Å². The van der Waals surface area contributed by atoms with Crippen molar-refractivity contribution in [2.24, 2.45) is 0 Å². The van der Waals surface area contributed by atoms with Crippen LogP contribution in [0.1, 0.15) is 17.5 Å². The van der Waals surface area contributed by atoms with E-state index >= 15 is 0 Å². The molecule has 1 aliphatic rings. The number of piperazine rings is 1. The van der Waals surface area contributed by atoms with Crippen LogP contribution in [0, 0.1) is 6.92 Å². The Balaban J connectivity index is 1.21. The number of rotatable bonds is 6. The van der Waals surface area contributed by atoms with Gasteiger partial charge < -0.3 is 15.1 Å². The highest BCUT2D eigenvalue weighted by atomic mass is 32.1. The highest BCUT2D eigenvalue weighted by molar-refractivity contribution is 7.16. The van der Waals surface area contributed by atoms with Crippen molar-refractivity contribution in [3.8, 4) is 0 Å². The summed E-state index contributed by atoms with van der Waals surface area (Å²) < 4.78 is 1.23. The second-order valence-electron chi connectivity index (χ2n) is 7.25. The summed E-state index contributed by atoms with van der Waals surface area (Å²) >= 11 is 1.67. The molecule has 28 heavy (non-hydrogen) atoms. The third-order valence-electron chi connectivity index (χ3n) is 5.30. The van der Waals surface area contributed by atoms with Crippen LogP contribution in [0.4, 0.5) is 5.69 Å². The van der Waals surface area contributed by atoms with Crippen LogP contribution in [0.2, 0.25) is 0 Å². The van der Waals surface area contributed by atoms with Gasteiger partial charge in [-0.05, 0) is 30.7 Å². The number of nitrogens with zero attached hydrogens (tertiary/aromatic N) is 3. The number of fused-ring (bicyclic) bond motifs is 1. The third-order valence-corrected chi connectivity index (χ3v) is 6.22. The maximum Gasteiger partial charge on any atom is 0.223 e. The highest BCUT2D eigenvalue weighted by Crippen LogP contribution is 2.22. The zero-order chi connectivity index (χ0) is 19.3. The van der Waals surface area contributed by atoms with Crippen LogP contribution in [0.15, 0.2) is 48.0 Å². The van der Waals surface area contributed by atoms with Crippen LogP contribution in [-0.2, 0) is 11.3 Å². The summed E-state index contributed by atoms with van der Waals surface area (Å²) in [5.41, 5.74) is 6.70. The minimum absolute atomic E-state index is 0.243. The molecule has 0 unspecified atom stereocenters. The summed E-state index contributed by atoms with van der Waals surface area (Å²) in [4.78, 5) is 21.2. The standard InChI is InChI=1S/C22H26N4OS/c1-17-5-7-19(8-6-17)25-11-13-26(14-12-25)21(27)9-10-23-15-18-3-2-4-20-22(18)28-16-24-20/h2-8,16,23H,9-15H2,1H3. The van der Waals surface area contributed by atoms with Gasteiger partial charge in [-0.15, -0.1) is 11.3 Å². The molecule has 1 aromatic heterocycles. The predicted molar refractivity (Wildman–Crippen MR) is 116 cm³/mol. The molecular weight excluding hydrogens is 368 g/mol. The number of aryl methyl sites for hydroxylation is 1. The molecule has 4 rings (SSSR count). The molecule has 0 bridgehead atoms. The fourth-order valence-corrected chi connectivity index (χ4v) is 4.43. The molecule has 1 aliphatic heterocycles. The van der Waals surface area contributed by atoms with Crippen molar-refractivity contribution in [1.29, 1.82) is 0 Å². The van der Waals surface area contributed by atoms with Crippen molar-refractivity contribution >= 4 is 33.1 Å². The first-order valence-corrected chi connectivity index (χ1v) is 10.7. The van der Waals surface area contributed by atoms with Gasteiger partial charge in [-0.25, -0.2) is 4.98 Å². The Morgan fingerprint density at radius 3 is 2.68 bits per heavy atom. The number of hydrogen-bond acceptors (Lipinski definition) is 5. The minimum Gasteiger partial charge on any atom is -0.368 e. The van der Waals surface area contributed by atoms with Gasteiger partial charge in [-0.2, -0.15) is 0 Å². The van der Waals surface area contributed by atoms with E-state index in [9.17, 15) is 4.79 Å². The summed E-state index contributed by atoms with van der Waals surface area (Å²) in [6.07, 6.45) is 0.545. The number of amides is 1. The summed E-state index contributed by atoms with van der Waals surface area (Å²) in [6, 6.07) is 14.8. The van der Waals surface area contributed by atoms with E-state index in [4.69, 9.17) is 0 Å². The van der Waals surface area contributed by atoms with Crippen molar-refractivity contribution in [2.75, 3.05) is 37.6 Å². The number of nitrogens with one attached hydrogen (secondary N) is 1. The molecule has 5 nitrogen and oxygen atoms in total. The molecule has 146 valence electrons. The maximum atomic E-state index is 12.5. The molecule has 1 fully saturated rings. The lowest BCUT2D eigenvalue weighted by molar-refractivity contribution is -0.131. The van der Waals surface area contributed by atoms with Gasteiger partial charge in [0.1, 0.15) is 0 Å². The fraction of sp³-hybridized carbons (Fsp3) is 0.364. The van der Waals surface area contributed by atoms with Crippen molar-refractivity contribution < 1.29 is 4.79 Å². The van der Waals surface area contributed by atoms with Crippen LogP contribution >= 0.6 is 11.3 Å². The lowest BCUT2D eigenvalue weighted by Crippen LogP contribution is -2.49. The number of aromatic nitrogens is 1. The topological polar surface area (TPSA) is 48.5 Å². The Morgan fingerprint density at radius 2 is 1.89 bits per heavy atom. The van der Waals surface area contributed by atoms with Gasteiger partial charge in [0.25, 0.3) is 0 Å². The monoisotopic (exact) mass is 394 g/mol. The molecule has 1 amide bonds. The molecule has 2 heterocycles. The van der Waals surface area contributed by atoms with Crippen LogP contribution < -0.4 is 10.2 Å². The highest BCUT2D eigenvalue weighted by Gasteiger charge is 2.20. The Hall–Kier alpha value is -2.44. The summed E-state index contributed by atoms with van der Waals surface area (Å²) in [5.74, 6) is 0.243. The molecule has 0 aliphatic carbocycles. The van der Waals surface area contributed by atoms with Crippen LogP contribution in [0.5, 0.6) is 0 Å². The zero-order valence-corrected chi connectivity index (χ0v) is 17.0. The van der Waals surface area contributed by atoms with Crippen LogP contribution in [0.25, 0.3) is 10.2 Å². The van der Waals surface area contributed by atoms with Crippen molar-refractivity contribution in [1.82, 2.24) is 15.2 Å². The molecule has 0 spiro atoms. The smallest absolute Gasteiger partial charge is 0.223 e.